The maximum absolute atomic E-state index is 14.1. The van der Waals surface area contributed by atoms with Gasteiger partial charge in [0.05, 0.1) is 23.0 Å². The summed E-state index contributed by atoms with van der Waals surface area (Å²) in [5, 5.41) is 12.8. The number of benzene rings is 1. The molecule has 0 radical (unpaired) electrons. The molecule has 0 saturated carbocycles. The van der Waals surface area contributed by atoms with Crippen molar-refractivity contribution >= 4 is 11.4 Å². The maximum Gasteiger partial charge on any atom is 0.125 e. The van der Waals surface area contributed by atoms with Crippen molar-refractivity contribution < 1.29 is 8.78 Å². The number of hydrogen-bond acceptors (Lipinski definition) is 3. The van der Waals surface area contributed by atoms with Crippen molar-refractivity contribution in [3.63, 3.8) is 0 Å². The van der Waals surface area contributed by atoms with E-state index in [9.17, 15) is 14.0 Å². The zero-order chi connectivity index (χ0) is 24.0. The SMILES string of the molecule is C=CC/C(C)=C(\C)C(=C)Nc1cc(C#N)ccc1N1CCC(CC2=C(F)C=C(F)CC2)CC1. The Hall–Kier alpha value is -3.13. The predicted octanol–water partition coefficient (Wildman–Crippen LogP) is 7.87. The first-order valence-corrected chi connectivity index (χ1v) is 11.6. The molecule has 0 atom stereocenters. The summed E-state index contributed by atoms with van der Waals surface area (Å²) < 4.78 is 27.4. The fraction of sp³-hybridized carbons (Fsp3) is 0.393. The molecule has 1 fully saturated rings. The van der Waals surface area contributed by atoms with Gasteiger partial charge in [0.1, 0.15) is 11.7 Å². The number of nitriles is 1. The van der Waals surface area contributed by atoms with Gasteiger partial charge in [-0.2, -0.15) is 5.26 Å². The molecule has 0 aromatic heterocycles. The highest BCUT2D eigenvalue weighted by Gasteiger charge is 2.24. The summed E-state index contributed by atoms with van der Waals surface area (Å²) in [6.07, 6.45) is 7.10. The molecule has 1 aromatic carbocycles. The second-order valence-electron chi connectivity index (χ2n) is 9.02. The van der Waals surface area contributed by atoms with Gasteiger partial charge in [-0.05, 0) is 81.2 Å². The van der Waals surface area contributed by atoms with E-state index in [-0.39, 0.29) is 11.7 Å². The summed E-state index contributed by atoms with van der Waals surface area (Å²) in [6, 6.07) is 7.91. The van der Waals surface area contributed by atoms with Crippen LogP contribution in [0.2, 0.25) is 0 Å². The van der Waals surface area contributed by atoms with Crippen molar-refractivity contribution in [1.29, 1.82) is 5.26 Å². The number of nitrogens with zero attached hydrogens (tertiary/aromatic N) is 2. The molecule has 3 nitrogen and oxygen atoms in total. The topological polar surface area (TPSA) is 39.1 Å². The van der Waals surface area contributed by atoms with Crippen LogP contribution in [-0.4, -0.2) is 13.1 Å². The lowest BCUT2D eigenvalue weighted by atomic mass is 9.86. The normalized spacial score (nSPS) is 17.8. The van der Waals surface area contributed by atoms with E-state index in [1.54, 1.807) is 0 Å². The lowest BCUT2D eigenvalue weighted by molar-refractivity contribution is 0.391. The number of piperidine rings is 1. The Morgan fingerprint density at radius 1 is 1.24 bits per heavy atom. The molecule has 0 unspecified atom stereocenters. The fourth-order valence-corrected chi connectivity index (χ4v) is 4.49. The molecular weight excluding hydrogens is 416 g/mol. The minimum atomic E-state index is -0.381. The van der Waals surface area contributed by atoms with E-state index in [1.807, 2.05) is 31.2 Å². The van der Waals surface area contributed by atoms with Gasteiger partial charge in [-0.1, -0.05) is 18.2 Å². The minimum Gasteiger partial charge on any atom is -0.370 e. The fourth-order valence-electron chi connectivity index (χ4n) is 4.49. The summed E-state index contributed by atoms with van der Waals surface area (Å²) in [4.78, 5) is 2.31. The monoisotopic (exact) mass is 449 g/mol. The molecule has 0 bridgehead atoms. The Balaban J connectivity index is 1.72. The first-order chi connectivity index (χ1) is 15.8. The second-order valence-corrected chi connectivity index (χ2v) is 9.02. The highest BCUT2D eigenvalue weighted by atomic mass is 19.1. The Bertz CT molecular complexity index is 1050. The molecule has 3 rings (SSSR count). The molecule has 2 aliphatic rings. The molecule has 1 saturated heterocycles. The number of rotatable bonds is 8. The van der Waals surface area contributed by atoms with Crippen molar-refractivity contribution in [3.05, 3.63) is 83.1 Å². The van der Waals surface area contributed by atoms with Crippen molar-refractivity contribution in [2.45, 2.75) is 52.4 Å². The van der Waals surface area contributed by atoms with Gasteiger partial charge in [0, 0.05) is 31.3 Å². The summed E-state index contributed by atoms with van der Waals surface area (Å²) in [7, 11) is 0. The van der Waals surface area contributed by atoms with Gasteiger partial charge in [-0.3, -0.25) is 0 Å². The molecule has 174 valence electrons. The van der Waals surface area contributed by atoms with Crippen LogP contribution in [-0.2, 0) is 0 Å². The average Bonchev–Trinajstić information content (AvgIpc) is 2.81. The maximum atomic E-state index is 14.1. The highest BCUT2D eigenvalue weighted by molar-refractivity contribution is 5.74. The lowest BCUT2D eigenvalue weighted by Crippen LogP contribution is -2.34. The molecule has 1 N–H and O–H groups in total. The van der Waals surface area contributed by atoms with Crippen molar-refractivity contribution in [1.82, 2.24) is 0 Å². The van der Waals surface area contributed by atoms with Crippen LogP contribution in [0.25, 0.3) is 0 Å². The number of halogens is 2. The van der Waals surface area contributed by atoms with Crippen LogP contribution < -0.4 is 10.2 Å². The first kappa shape index (κ1) is 24.5. The molecule has 1 heterocycles. The van der Waals surface area contributed by atoms with Crippen LogP contribution in [0, 0.1) is 17.2 Å². The molecule has 5 heteroatoms. The van der Waals surface area contributed by atoms with Crippen molar-refractivity contribution in [3.8, 4) is 6.07 Å². The van der Waals surface area contributed by atoms with Gasteiger partial charge < -0.3 is 10.2 Å². The highest BCUT2D eigenvalue weighted by Crippen LogP contribution is 2.36. The first-order valence-electron chi connectivity index (χ1n) is 11.6. The van der Waals surface area contributed by atoms with E-state index in [0.717, 1.165) is 66.6 Å². The summed E-state index contributed by atoms with van der Waals surface area (Å²) in [5.74, 6) is -0.347. The summed E-state index contributed by atoms with van der Waals surface area (Å²) in [5.41, 5.74) is 6.33. The smallest absolute Gasteiger partial charge is 0.125 e. The van der Waals surface area contributed by atoms with Gasteiger partial charge in [0.25, 0.3) is 0 Å². The van der Waals surface area contributed by atoms with E-state index in [1.165, 1.54) is 5.57 Å². The van der Waals surface area contributed by atoms with Crippen LogP contribution in [0.15, 0.2) is 77.6 Å². The Kier molecular flexibility index (Phi) is 8.27. The third-order valence-electron chi connectivity index (χ3n) is 6.73. The number of hydrogen-bond donors (Lipinski definition) is 1. The number of nitrogens with one attached hydrogen (secondary N) is 1. The third kappa shape index (κ3) is 6.22. The zero-order valence-corrected chi connectivity index (χ0v) is 19.7. The Morgan fingerprint density at radius 3 is 2.61 bits per heavy atom. The Labute approximate surface area is 196 Å². The molecular formula is C28H33F2N3. The van der Waals surface area contributed by atoms with E-state index in [4.69, 9.17) is 0 Å². The molecule has 33 heavy (non-hydrogen) atoms. The lowest BCUT2D eigenvalue weighted by Gasteiger charge is -2.35. The van der Waals surface area contributed by atoms with Gasteiger partial charge in [0.15, 0.2) is 0 Å². The van der Waals surface area contributed by atoms with Gasteiger partial charge >= 0.3 is 0 Å². The van der Waals surface area contributed by atoms with Crippen LogP contribution in [0.3, 0.4) is 0 Å². The molecule has 0 spiro atoms. The van der Waals surface area contributed by atoms with E-state index in [2.05, 4.69) is 36.4 Å². The van der Waals surface area contributed by atoms with E-state index >= 15 is 0 Å². The largest absolute Gasteiger partial charge is 0.370 e. The van der Waals surface area contributed by atoms with Crippen LogP contribution >= 0.6 is 0 Å². The van der Waals surface area contributed by atoms with Crippen molar-refractivity contribution in [2.24, 2.45) is 5.92 Å². The Morgan fingerprint density at radius 2 is 1.97 bits per heavy atom. The van der Waals surface area contributed by atoms with Crippen LogP contribution in [0.4, 0.5) is 20.2 Å². The summed E-state index contributed by atoms with van der Waals surface area (Å²) >= 11 is 0. The average molecular weight is 450 g/mol. The molecule has 1 aliphatic heterocycles. The predicted molar refractivity (Wildman–Crippen MR) is 133 cm³/mol. The molecule has 1 aliphatic carbocycles. The standard InChI is InChI=1S/C28H33F2N3/c1-5-6-19(2)20(3)21(4)32-27-16-23(18-31)7-10-28(27)33-13-11-22(12-14-33)15-24-8-9-25(29)17-26(24)30/h5,7,10,16-17,22,32H,1,4,6,8-9,11-15H2,2-3H3/b20-19+. The summed E-state index contributed by atoms with van der Waals surface area (Å²) in [6.45, 7) is 13.8. The van der Waals surface area contributed by atoms with E-state index < -0.39 is 0 Å². The quantitative estimate of drug-likeness (QED) is 0.324. The molecule has 1 aromatic rings. The van der Waals surface area contributed by atoms with Crippen LogP contribution in [0.1, 0.15) is 57.9 Å². The van der Waals surface area contributed by atoms with Gasteiger partial charge in [0.2, 0.25) is 0 Å². The number of allylic oxidation sites excluding steroid dienone is 7. The second kappa shape index (κ2) is 11.1. The zero-order valence-electron chi connectivity index (χ0n) is 19.7. The third-order valence-corrected chi connectivity index (χ3v) is 6.73. The van der Waals surface area contributed by atoms with Gasteiger partial charge in [-0.25, -0.2) is 8.78 Å². The minimum absolute atomic E-state index is 0.311. The van der Waals surface area contributed by atoms with Crippen molar-refractivity contribution in [2.75, 3.05) is 23.3 Å². The van der Waals surface area contributed by atoms with Gasteiger partial charge in [-0.15, -0.1) is 6.58 Å². The van der Waals surface area contributed by atoms with E-state index in [0.29, 0.717) is 30.7 Å². The number of anilines is 2. The van der Waals surface area contributed by atoms with Crippen LogP contribution in [0.5, 0.6) is 0 Å². The molecule has 0 amide bonds.